The number of halogens is 3. The average molecular weight is 358 g/mol. The van der Waals surface area contributed by atoms with E-state index in [4.69, 9.17) is 11.6 Å². The molecule has 0 fully saturated rings. The van der Waals surface area contributed by atoms with Gasteiger partial charge in [-0.05, 0) is 47.1 Å². The van der Waals surface area contributed by atoms with E-state index in [1.54, 1.807) is 24.3 Å². The summed E-state index contributed by atoms with van der Waals surface area (Å²) in [6.07, 6.45) is 0. The summed E-state index contributed by atoms with van der Waals surface area (Å²) in [5, 5.41) is 2.69. The second-order valence-electron chi connectivity index (χ2n) is 5.07. The molecule has 0 amide bonds. The molecule has 3 aromatic rings. The van der Waals surface area contributed by atoms with Crippen molar-refractivity contribution < 1.29 is 8.78 Å². The number of hydrogen-bond acceptors (Lipinski definition) is 2. The van der Waals surface area contributed by atoms with Crippen LogP contribution in [0.4, 0.5) is 14.5 Å². The van der Waals surface area contributed by atoms with Gasteiger partial charge in [0.25, 0.3) is 0 Å². The van der Waals surface area contributed by atoms with E-state index in [1.165, 1.54) is 0 Å². The maximum Gasteiger partial charge on any atom is 0.150 e. The largest absolute Gasteiger partial charge is 0.206 e. The Morgan fingerprint density at radius 1 is 0.792 bits per heavy atom. The molecular formula is C19H10ClF2NS. The maximum atomic E-state index is 14.2. The van der Waals surface area contributed by atoms with Gasteiger partial charge in [-0.3, -0.25) is 0 Å². The number of isothiocyanates is 1. The summed E-state index contributed by atoms with van der Waals surface area (Å²) >= 11 is 10.3. The van der Waals surface area contributed by atoms with Crippen LogP contribution in [0.25, 0.3) is 22.3 Å². The van der Waals surface area contributed by atoms with Gasteiger partial charge in [-0.2, -0.15) is 4.99 Å². The number of nitrogens with zero attached hydrogens (tertiary/aromatic N) is 1. The molecule has 0 saturated carbocycles. The number of aliphatic imine (C=N–C) groups is 1. The minimum Gasteiger partial charge on any atom is -0.206 e. The molecule has 0 radical (unpaired) electrons. The Balaban J connectivity index is 1.98. The van der Waals surface area contributed by atoms with Gasteiger partial charge < -0.3 is 0 Å². The lowest BCUT2D eigenvalue weighted by Gasteiger charge is -2.07. The van der Waals surface area contributed by atoms with Crippen LogP contribution in [0, 0.1) is 11.6 Å². The molecule has 0 bridgehead atoms. The first-order valence-corrected chi connectivity index (χ1v) is 7.80. The van der Waals surface area contributed by atoms with Gasteiger partial charge in [-0.1, -0.05) is 48.0 Å². The van der Waals surface area contributed by atoms with Crippen LogP contribution in [0.5, 0.6) is 0 Å². The van der Waals surface area contributed by atoms with Crippen molar-refractivity contribution in [3.8, 4) is 22.3 Å². The summed E-state index contributed by atoms with van der Waals surface area (Å²) < 4.78 is 28.1. The molecule has 3 rings (SSSR count). The zero-order chi connectivity index (χ0) is 17.1. The summed E-state index contributed by atoms with van der Waals surface area (Å²) in [6.45, 7) is 0. The minimum atomic E-state index is -0.648. The Kier molecular flexibility index (Phi) is 4.81. The molecule has 0 aliphatic rings. The van der Waals surface area contributed by atoms with Crippen LogP contribution in [0.1, 0.15) is 0 Å². The summed E-state index contributed by atoms with van der Waals surface area (Å²) in [5.41, 5.74) is 2.52. The van der Waals surface area contributed by atoms with Crippen molar-refractivity contribution in [2.45, 2.75) is 0 Å². The molecule has 0 heterocycles. The molecule has 0 atom stereocenters. The van der Waals surface area contributed by atoms with Crippen molar-refractivity contribution in [3.63, 3.8) is 0 Å². The quantitative estimate of drug-likeness (QED) is 0.376. The molecule has 0 aromatic heterocycles. The third kappa shape index (κ3) is 3.41. The Bertz CT molecular complexity index is 931. The number of thiocarbonyl (C=S) groups is 1. The van der Waals surface area contributed by atoms with Crippen LogP contribution in [0.2, 0.25) is 5.02 Å². The minimum absolute atomic E-state index is 0.163. The zero-order valence-corrected chi connectivity index (χ0v) is 13.8. The number of rotatable bonds is 3. The Morgan fingerprint density at radius 2 is 1.33 bits per heavy atom. The van der Waals surface area contributed by atoms with E-state index >= 15 is 0 Å². The van der Waals surface area contributed by atoms with Gasteiger partial charge in [-0.15, -0.1) is 0 Å². The summed E-state index contributed by atoms with van der Waals surface area (Å²) in [6, 6.07) is 16.7. The third-order valence-corrected chi connectivity index (χ3v) is 3.92. The molecular weight excluding hydrogens is 348 g/mol. The van der Waals surface area contributed by atoms with Crippen molar-refractivity contribution in [1.82, 2.24) is 0 Å². The summed E-state index contributed by atoms with van der Waals surface area (Å²) in [5.74, 6) is -1.22. The first-order chi connectivity index (χ1) is 11.6. The van der Waals surface area contributed by atoms with Gasteiger partial charge in [0.2, 0.25) is 0 Å². The van der Waals surface area contributed by atoms with E-state index in [-0.39, 0.29) is 11.3 Å². The fourth-order valence-corrected chi connectivity index (χ4v) is 2.60. The molecule has 0 saturated heterocycles. The van der Waals surface area contributed by atoms with E-state index in [9.17, 15) is 8.78 Å². The van der Waals surface area contributed by atoms with E-state index < -0.39 is 11.6 Å². The standard InChI is InChI=1S/C19H10ClF2NS/c20-15-7-5-13(6-8-15)12-1-3-14(4-2-12)16-9-18(22)19(23-11-24)10-17(16)21/h1-10H. The van der Waals surface area contributed by atoms with E-state index in [0.717, 1.165) is 23.3 Å². The SMILES string of the molecule is Fc1cc(-c2ccc(-c3ccc(Cl)cc3)cc2)c(F)cc1N=C=S. The van der Waals surface area contributed by atoms with Gasteiger partial charge in [0.1, 0.15) is 17.3 Å². The van der Waals surface area contributed by atoms with Gasteiger partial charge in [0, 0.05) is 16.7 Å². The van der Waals surface area contributed by atoms with Gasteiger partial charge in [0.05, 0.1) is 5.16 Å². The van der Waals surface area contributed by atoms with Crippen LogP contribution < -0.4 is 0 Å². The predicted octanol–water partition coefficient (Wildman–Crippen LogP) is 6.69. The molecule has 0 aliphatic carbocycles. The first kappa shape index (κ1) is 16.5. The van der Waals surface area contributed by atoms with Crippen LogP contribution in [0.15, 0.2) is 65.7 Å². The van der Waals surface area contributed by atoms with Crippen molar-refractivity contribution in [1.29, 1.82) is 0 Å². The molecule has 0 aliphatic heterocycles. The second-order valence-corrected chi connectivity index (χ2v) is 5.69. The lowest BCUT2D eigenvalue weighted by molar-refractivity contribution is 0.605. The van der Waals surface area contributed by atoms with Gasteiger partial charge >= 0.3 is 0 Å². The van der Waals surface area contributed by atoms with Gasteiger partial charge in [0.15, 0.2) is 0 Å². The van der Waals surface area contributed by atoms with Crippen LogP contribution in [0.3, 0.4) is 0 Å². The van der Waals surface area contributed by atoms with Crippen molar-refractivity contribution in [3.05, 3.63) is 77.3 Å². The van der Waals surface area contributed by atoms with Crippen LogP contribution >= 0.6 is 23.8 Å². The van der Waals surface area contributed by atoms with E-state index in [0.29, 0.717) is 10.6 Å². The zero-order valence-electron chi connectivity index (χ0n) is 12.3. The molecule has 3 aromatic carbocycles. The van der Waals surface area contributed by atoms with Gasteiger partial charge in [-0.25, -0.2) is 8.78 Å². The molecule has 0 spiro atoms. The molecule has 0 N–H and O–H groups in total. The van der Waals surface area contributed by atoms with Crippen LogP contribution in [-0.4, -0.2) is 5.16 Å². The molecule has 5 heteroatoms. The first-order valence-electron chi connectivity index (χ1n) is 7.02. The lowest BCUT2D eigenvalue weighted by Crippen LogP contribution is -1.88. The highest BCUT2D eigenvalue weighted by Crippen LogP contribution is 2.31. The number of hydrogen-bond donors (Lipinski definition) is 0. The normalized spacial score (nSPS) is 10.3. The highest BCUT2D eigenvalue weighted by atomic mass is 35.5. The summed E-state index contributed by atoms with van der Waals surface area (Å²) in [4.78, 5) is 3.50. The Hall–Kier alpha value is -2.39. The average Bonchev–Trinajstić information content (AvgIpc) is 2.59. The van der Waals surface area contributed by atoms with Crippen molar-refractivity contribution >= 4 is 34.7 Å². The van der Waals surface area contributed by atoms with Crippen LogP contribution in [-0.2, 0) is 0 Å². The second kappa shape index (κ2) is 7.02. The third-order valence-electron chi connectivity index (χ3n) is 3.58. The Morgan fingerprint density at radius 3 is 1.92 bits per heavy atom. The molecule has 0 unspecified atom stereocenters. The number of benzene rings is 3. The molecule has 1 nitrogen and oxygen atoms in total. The van der Waals surface area contributed by atoms with Crippen molar-refractivity contribution in [2.24, 2.45) is 4.99 Å². The molecule has 118 valence electrons. The fraction of sp³-hybridized carbons (Fsp3) is 0. The smallest absolute Gasteiger partial charge is 0.150 e. The van der Waals surface area contributed by atoms with E-state index in [1.807, 2.05) is 29.4 Å². The van der Waals surface area contributed by atoms with Crippen molar-refractivity contribution in [2.75, 3.05) is 0 Å². The topological polar surface area (TPSA) is 12.4 Å². The fourth-order valence-electron chi connectivity index (χ4n) is 2.38. The lowest BCUT2D eigenvalue weighted by atomic mass is 9.99. The predicted molar refractivity (Wildman–Crippen MR) is 96.9 cm³/mol. The highest BCUT2D eigenvalue weighted by molar-refractivity contribution is 7.78. The Labute approximate surface area is 148 Å². The summed E-state index contributed by atoms with van der Waals surface area (Å²) in [7, 11) is 0. The molecule has 24 heavy (non-hydrogen) atoms. The monoisotopic (exact) mass is 357 g/mol. The highest BCUT2D eigenvalue weighted by Gasteiger charge is 2.11. The maximum absolute atomic E-state index is 14.2. The van der Waals surface area contributed by atoms with E-state index in [2.05, 4.69) is 17.2 Å².